The van der Waals surface area contributed by atoms with Gasteiger partial charge in [-0.15, -0.1) is 0 Å². The van der Waals surface area contributed by atoms with Gasteiger partial charge in [0.25, 0.3) is 0 Å². The molecule has 0 aliphatic heterocycles. The molecule has 0 atom stereocenters. The molecule has 2 aliphatic rings. The number of hydrogen-bond donors (Lipinski definition) is 0. The van der Waals surface area contributed by atoms with Crippen LogP contribution >= 0.6 is 0 Å². The standard InChI is InChI=1S/C31H21N/c1-20-7-6-12-28-30(20)25-14-13-22(21-15-17-32-18-16-21)19-29(25)31(28)26-10-4-2-8-23(26)24-9-3-5-11-27(24)31/h2-19H,1H3. The fourth-order valence-corrected chi connectivity index (χ4v) is 6.09. The van der Waals surface area contributed by atoms with Crippen molar-refractivity contribution >= 4 is 0 Å². The molecule has 32 heavy (non-hydrogen) atoms. The first-order valence-electron chi connectivity index (χ1n) is 11.1. The van der Waals surface area contributed by atoms with E-state index in [1.54, 1.807) is 0 Å². The molecule has 0 N–H and O–H groups in total. The smallest absolute Gasteiger partial charge is 0.0725 e. The minimum absolute atomic E-state index is 0.285. The van der Waals surface area contributed by atoms with Crippen molar-refractivity contribution in [2.24, 2.45) is 0 Å². The van der Waals surface area contributed by atoms with Crippen LogP contribution in [0.4, 0.5) is 0 Å². The monoisotopic (exact) mass is 407 g/mol. The van der Waals surface area contributed by atoms with Gasteiger partial charge in [0.1, 0.15) is 0 Å². The van der Waals surface area contributed by atoms with Crippen molar-refractivity contribution in [2.75, 3.05) is 0 Å². The van der Waals surface area contributed by atoms with Gasteiger partial charge in [0.2, 0.25) is 0 Å². The fourth-order valence-electron chi connectivity index (χ4n) is 6.09. The van der Waals surface area contributed by atoms with E-state index < -0.39 is 0 Å². The molecule has 0 saturated heterocycles. The minimum atomic E-state index is -0.285. The maximum atomic E-state index is 4.22. The van der Waals surface area contributed by atoms with Crippen LogP contribution in [0.5, 0.6) is 0 Å². The van der Waals surface area contributed by atoms with Gasteiger partial charge >= 0.3 is 0 Å². The van der Waals surface area contributed by atoms with Crippen molar-refractivity contribution in [2.45, 2.75) is 12.3 Å². The second-order valence-electron chi connectivity index (χ2n) is 8.83. The van der Waals surface area contributed by atoms with Crippen molar-refractivity contribution in [3.05, 3.63) is 137 Å². The predicted octanol–water partition coefficient (Wildman–Crippen LogP) is 7.40. The summed E-state index contributed by atoms with van der Waals surface area (Å²) in [5, 5.41) is 0. The normalized spacial score (nSPS) is 14.0. The van der Waals surface area contributed by atoms with Crippen molar-refractivity contribution in [1.29, 1.82) is 0 Å². The van der Waals surface area contributed by atoms with Gasteiger partial charge in [-0.3, -0.25) is 4.98 Å². The zero-order valence-electron chi connectivity index (χ0n) is 17.8. The van der Waals surface area contributed by atoms with E-state index in [0.29, 0.717) is 0 Å². The highest BCUT2D eigenvalue weighted by molar-refractivity contribution is 5.96. The number of aromatic nitrogens is 1. The van der Waals surface area contributed by atoms with E-state index in [4.69, 9.17) is 0 Å². The third kappa shape index (κ3) is 2.06. The molecular weight excluding hydrogens is 386 g/mol. The minimum Gasteiger partial charge on any atom is -0.265 e. The zero-order chi connectivity index (χ0) is 21.3. The first kappa shape index (κ1) is 17.7. The lowest BCUT2D eigenvalue weighted by Crippen LogP contribution is -2.25. The van der Waals surface area contributed by atoms with Gasteiger partial charge < -0.3 is 0 Å². The summed E-state index contributed by atoms with van der Waals surface area (Å²) in [5.41, 5.74) is 14.5. The van der Waals surface area contributed by atoms with Gasteiger partial charge in [0.15, 0.2) is 0 Å². The number of fused-ring (bicyclic) bond motifs is 10. The van der Waals surface area contributed by atoms with E-state index in [1.165, 1.54) is 61.2 Å². The summed E-state index contributed by atoms with van der Waals surface area (Å²) in [7, 11) is 0. The Bertz CT molecular complexity index is 1480. The molecule has 1 spiro atoms. The van der Waals surface area contributed by atoms with Gasteiger partial charge in [-0.25, -0.2) is 0 Å². The van der Waals surface area contributed by atoms with Crippen molar-refractivity contribution in [3.8, 4) is 33.4 Å². The molecule has 0 bridgehead atoms. The number of aryl methyl sites for hydroxylation is 1. The molecule has 2 aliphatic carbocycles. The van der Waals surface area contributed by atoms with E-state index in [0.717, 1.165) is 0 Å². The van der Waals surface area contributed by atoms with Crippen LogP contribution in [0.1, 0.15) is 27.8 Å². The van der Waals surface area contributed by atoms with Crippen LogP contribution in [0.3, 0.4) is 0 Å². The zero-order valence-corrected chi connectivity index (χ0v) is 17.8. The Morgan fingerprint density at radius 3 is 1.91 bits per heavy atom. The number of nitrogens with zero attached hydrogens (tertiary/aromatic N) is 1. The molecule has 0 fully saturated rings. The average Bonchev–Trinajstić information content (AvgIpc) is 3.32. The van der Waals surface area contributed by atoms with E-state index >= 15 is 0 Å². The molecule has 0 amide bonds. The molecule has 0 saturated carbocycles. The molecule has 1 heteroatoms. The molecule has 1 nitrogen and oxygen atoms in total. The molecule has 0 unspecified atom stereocenters. The van der Waals surface area contributed by atoms with Crippen LogP contribution in [-0.2, 0) is 5.41 Å². The van der Waals surface area contributed by atoms with Crippen LogP contribution < -0.4 is 0 Å². The van der Waals surface area contributed by atoms with Gasteiger partial charge in [-0.2, -0.15) is 0 Å². The van der Waals surface area contributed by atoms with Crippen LogP contribution in [-0.4, -0.2) is 4.98 Å². The summed E-state index contributed by atoms with van der Waals surface area (Å²) < 4.78 is 0. The first-order chi connectivity index (χ1) is 15.8. The summed E-state index contributed by atoms with van der Waals surface area (Å²) in [5.74, 6) is 0. The lowest BCUT2D eigenvalue weighted by atomic mass is 9.70. The Morgan fingerprint density at radius 1 is 0.531 bits per heavy atom. The summed E-state index contributed by atoms with van der Waals surface area (Å²) >= 11 is 0. The Kier molecular flexibility index (Phi) is 3.47. The SMILES string of the molecule is Cc1cccc2c1-c1ccc(-c3ccncc3)cc1C21c2ccccc2-c2ccccc21. The van der Waals surface area contributed by atoms with Crippen LogP contribution in [0.2, 0.25) is 0 Å². The highest BCUT2D eigenvalue weighted by atomic mass is 14.6. The van der Waals surface area contributed by atoms with Crippen molar-refractivity contribution in [3.63, 3.8) is 0 Å². The van der Waals surface area contributed by atoms with E-state index in [1.807, 2.05) is 12.4 Å². The van der Waals surface area contributed by atoms with Crippen LogP contribution in [0, 0.1) is 6.92 Å². The second-order valence-corrected chi connectivity index (χ2v) is 8.83. The van der Waals surface area contributed by atoms with Gasteiger partial charge in [0, 0.05) is 12.4 Å². The number of benzene rings is 4. The van der Waals surface area contributed by atoms with Gasteiger partial charge in [-0.1, -0.05) is 78.9 Å². The Hall–Kier alpha value is -3.97. The van der Waals surface area contributed by atoms with E-state index in [-0.39, 0.29) is 5.41 Å². The van der Waals surface area contributed by atoms with E-state index in [9.17, 15) is 0 Å². The quantitative estimate of drug-likeness (QED) is 0.276. The number of hydrogen-bond acceptors (Lipinski definition) is 1. The summed E-state index contributed by atoms with van der Waals surface area (Å²) in [6.45, 7) is 2.24. The number of pyridine rings is 1. The molecule has 0 radical (unpaired) electrons. The first-order valence-corrected chi connectivity index (χ1v) is 11.1. The highest BCUT2D eigenvalue weighted by Crippen LogP contribution is 2.63. The molecule has 5 aromatic rings. The predicted molar refractivity (Wildman–Crippen MR) is 131 cm³/mol. The van der Waals surface area contributed by atoms with E-state index in [2.05, 4.69) is 109 Å². The van der Waals surface area contributed by atoms with Gasteiger partial charge in [0.05, 0.1) is 5.41 Å². The van der Waals surface area contributed by atoms with Crippen LogP contribution in [0.25, 0.3) is 33.4 Å². The second kappa shape index (κ2) is 6.27. The topological polar surface area (TPSA) is 12.9 Å². The molecule has 7 rings (SSSR count). The molecule has 4 aromatic carbocycles. The molecule has 1 heterocycles. The Balaban J connectivity index is 1.66. The maximum absolute atomic E-state index is 4.22. The highest BCUT2D eigenvalue weighted by Gasteiger charge is 2.51. The van der Waals surface area contributed by atoms with Crippen LogP contribution in [0.15, 0.2) is 109 Å². The summed E-state index contributed by atoms with van der Waals surface area (Å²) in [6.07, 6.45) is 3.74. The number of rotatable bonds is 1. The third-order valence-electron chi connectivity index (χ3n) is 7.34. The van der Waals surface area contributed by atoms with Crippen molar-refractivity contribution < 1.29 is 0 Å². The third-order valence-corrected chi connectivity index (χ3v) is 7.34. The van der Waals surface area contributed by atoms with Crippen molar-refractivity contribution in [1.82, 2.24) is 4.98 Å². The molecule has 150 valence electrons. The maximum Gasteiger partial charge on any atom is 0.0725 e. The summed E-state index contributed by atoms with van der Waals surface area (Å²) in [6, 6.07) is 35.9. The molecular formula is C31H21N. The lowest BCUT2D eigenvalue weighted by molar-refractivity contribution is 0.793. The Morgan fingerprint density at radius 2 is 1.19 bits per heavy atom. The lowest BCUT2D eigenvalue weighted by Gasteiger charge is -2.30. The average molecular weight is 408 g/mol. The largest absolute Gasteiger partial charge is 0.265 e. The Labute approximate surface area is 188 Å². The fraction of sp³-hybridized carbons (Fsp3) is 0.0645. The van der Waals surface area contributed by atoms with Gasteiger partial charge in [-0.05, 0) is 86.3 Å². The molecule has 1 aromatic heterocycles. The summed E-state index contributed by atoms with van der Waals surface area (Å²) in [4.78, 5) is 4.22.